The van der Waals surface area contributed by atoms with Gasteiger partial charge in [-0.15, -0.1) is 0 Å². The van der Waals surface area contributed by atoms with Crippen LogP contribution in [0.1, 0.15) is 32.1 Å². The van der Waals surface area contributed by atoms with Crippen LogP contribution in [0.3, 0.4) is 0 Å². The van der Waals surface area contributed by atoms with E-state index in [1.54, 1.807) is 4.90 Å². The molecule has 1 amide bonds. The van der Waals surface area contributed by atoms with Crippen molar-refractivity contribution >= 4 is 6.09 Å². The number of hydrogen-bond acceptors (Lipinski definition) is 2. The van der Waals surface area contributed by atoms with Crippen LogP contribution in [0.4, 0.5) is 4.79 Å². The first-order valence-electron chi connectivity index (χ1n) is 4.95. The van der Waals surface area contributed by atoms with E-state index in [0.29, 0.717) is 0 Å². The maximum Gasteiger partial charge on any atom is 0.407 e. The Labute approximate surface area is 77.7 Å². The topological polar surface area (TPSA) is 66.6 Å². The predicted octanol–water partition coefficient (Wildman–Crippen LogP) is 1.01. The Morgan fingerprint density at radius 1 is 1.31 bits per heavy atom. The Morgan fingerprint density at radius 3 is 2.31 bits per heavy atom. The molecule has 13 heavy (non-hydrogen) atoms. The summed E-state index contributed by atoms with van der Waals surface area (Å²) in [5.74, 6) is 0. The summed E-state index contributed by atoms with van der Waals surface area (Å²) in [4.78, 5) is 12.6. The van der Waals surface area contributed by atoms with Crippen LogP contribution >= 0.6 is 0 Å². The van der Waals surface area contributed by atoms with Crippen LogP contribution in [0.2, 0.25) is 0 Å². The molecule has 2 saturated heterocycles. The molecule has 0 spiro atoms. The zero-order chi connectivity index (χ0) is 9.42. The van der Waals surface area contributed by atoms with Gasteiger partial charge in [0.2, 0.25) is 0 Å². The van der Waals surface area contributed by atoms with E-state index in [4.69, 9.17) is 10.8 Å². The van der Waals surface area contributed by atoms with E-state index in [0.717, 1.165) is 32.1 Å². The van der Waals surface area contributed by atoms with Gasteiger partial charge in [-0.25, -0.2) is 4.79 Å². The second-order valence-electron chi connectivity index (χ2n) is 4.16. The van der Waals surface area contributed by atoms with Crippen molar-refractivity contribution in [2.24, 2.45) is 5.73 Å². The van der Waals surface area contributed by atoms with Gasteiger partial charge in [0.1, 0.15) is 0 Å². The minimum atomic E-state index is -0.762. The summed E-state index contributed by atoms with van der Waals surface area (Å²) in [7, 11) is 0. The normalized spacial score (nSPS) is 38.8. The van der Waals surface area contributed by atoms with E-state index in [1.165, 1.54) is 0 Å². The van der Waals surface area contributed by atoms with Gasteiger partial charge >= 0.3 is 6.09 Å². The second-order valence-corrected chi connectivity index (χ2v) is 4.16. The highest BCUT2D eigenvalue weighted by molar-refractivity contribution is 5.66. The fourth-order valence-corrected chi connectivity index (χ4v) is 2.74. The Bertz CT molecular complexity index is 206. The number of amides is 1. The van der Waals surface area contributed by atoms with E-state index < -0.39 is 6.09 Å². The Morgan fingerprint density at radius 2 is 1.85 bits per heavy atom. The lowest BCUT2D eigenvalue weighted by Gasteiger charge is -2.46. The summed E-state index contributed by atoms with van der Waals surface area (Å²) in [6.07, 6.45) is 4.09. The van der Waals surface area contributed by atoms with Gasteiger partial charge in [-0.2, -0.15) is 0 Å². The van der Waals surface area contributed by atoms with Crippen LogP contribution in [-0.4, -0.2) is 34.2 Å². The van der Waals surface area contributed by atoms with Crippen molar-refractivity contribution < 1.29 is 9.90 Å². The van der Waals surface area contributed by atoms with Gasteiger partial charge in [-0.05, 0) is 32.1 Å². The molecule has 4 heteroatoms. The lowest BCUT2D eigenvalue weighted by molar-refractivity contribution is 0.0360. The first kappa shape index (κ1) is 8.81. The molecule has 3 N–H and O–H groups in total. The smallest absolute Gasteiger partial charge is 0.407 e. The maximum atomic E-state index is 11.0. The van der Waals surface area contributed by atoms with Crippen LogP contribution in [0, 0.1) is 0 Å². The van der Waals surface area contributed by atoms with Gasteiger partial charge in [0, 0.05) is 18.1 Å². The van der Waals surface area contributed by atoms with Crippen molar-refractivity contribution in [3.05, 3.63) is 0 Å². The van der Waals surface area contributed by atoms with E-state index in [2.05, 4.69) is 0 Å². The number of carboxylic acid groups (broad SMARTS) is 1. The molecule has 4 nitrogen and oxygen atoms in total. The number of rotatable bonds is 0. The first-order chi connectivity index (χ1) is 6.18. The SMILES string of the molecule is NC1C[C@H]2CCC[C@@H](C1)N2C(=O)O. The van der Waals surface area contributed by atoms with Crippen molar-refractivity contribution in [1.82, 2.24) is 4.90 Å². The van der Waals surface area contributed by atoms with Crippen molar-refractivity contribution in [3.8, 4) is 0 Å². The average Bonchev–Trinajstić information content (AvgIpc) is 2.01. The molecule has 2 fully saturated rings. The standard InChI is InChI=1S/C9H16N2O2/c10-6-4-7-2-1-3-8(5-6)11(7)9(12)13/h6-8H,1-5,10H2,(H,12,13)/t6?,7-,8+. The van der Waals surface area contributed by atoms with Crippen molar-refractivity contribution in [3.63, 3.8) is 0 Å². The van der Waals surface area contributed by atoms with E-state index in [-0.39, 0.29) is 18.1 Å². The Hall–Kier alpha value is -0.770. The fraction of sp³-hybridized carbons (Fsp3) is 0.889. The molecule has 74 valence electrons. The minimum absolute atomic E-state index is 0.194. The first-order valence-corrected chi connectivity index (χ1v) is 4.95. The molecule has 0 saturated carbocycles. The number of carbonyl (C=O) groups is 1. The Balaban J connectivity index is 2.14. The third-order valence-electron chi connectivity index (χ3n) is 3.23. The van der Waals surface area contributed by atoms with Crippen LogP contribution in [-0.2, 0) is 0 Å². The number of fused-ring (bicyclic) bond motifs is 2. The van der Waals surface area contributed by atoms with Gasteiger partial charge < -0.3 is 15.7 Å². The van der Waals surface area contributed by atoms with Crippen molar-refractivity contribution in [2.75, 3.05) is 0 Å². The van der Waals surface area contributed by atoms with E-state index in [9.17, 15) is 4.79 Å². The van der Waals surface area contributed by atoms with Gasteiger partial charge in [0.25, 0.3) is 0 Å². The summed E-state index contributed by atoms with van der Waals surface area (Å²) in [5.41, 5.74) is 5.87. The summed E-state index contributed by atoms with van der Waals surface area (Å²) >= 11 is 0. The van der Waals surface area contributed by atoms with Crippen LogP contribution in [0.5, 0.6) is 0 Å². The maximum absolute atomic E-state index is 11.0. The molecule has 1 unspecified atom stereocenters. The van der Waals surface area contributed by atoms with Crippen molar-refractivity contribution in [2.45, 2.75) is 50.2 Å². The fourth-order valence-electron chi connectivity index (χ4n) is 2.74. The summed E-state index contributed by atoms with van der Waals surface area (Å²) < 4.78 is 0. The molecular formula is C9H16N2O2. The summed E-state index contributed by atoms with van der Waals surface area (Å²) in [5, 5.41) is 9.02. The molecular weight excluding hydrogens is 168 g/mol. The summed E-state index contributed by atoms with van der Waals surface area (Å²) in [6, 6.07) is 0.603. The van der Waals surface area contributed by atoms with Gasteiger partial charge in [-0.3, -0.25) is 0 Å². The zero-order valence-corrected chi connectivity index (χ0v) is 7.65. The third kappa shape index (κ3) is 1.50. The monoisotopic (exact) mass is 184 g/mol. The molecule has 2 aliphatic heterocycles. The number of nitrogens with zero attached hydrogens (tertiary/aromatic N) is 1. The van der Waals surface area contributed by atoms with E-state index >= 15 is 0 Å². The molecule has 0 aliphatic carbocycles. The number of hydrogen-bond donors (Lipinski definition) is 2. The zero-order valence-electron chi connectivity index (χ0n) is 7.65. The lowest BCUT2D eigenvalue weighted by Crippen LogP contribution is -2.57. The van der Waals surface area contributed by atoms with Gasteiger partial charge in [0.15, 0.2) is 0 Å². The molecule has 2 aliphatic rings. The van der Waals surface area contributed by atoms with Crippen LogP contribution < -0.4 is 5.73 Å². The number of nitrogens with two attached hydrogens (primary N) is 1. The Kier molecular flexibility index (Phi) is 2.15. The molecule has 0 aromatic carbocycles. The molecule has 2 heterocycles. The second kappa shape index (κ2) is 3.18. The van der Waals surface area contributed by atoms with Crippen LogP contribution in [0.15, 0.2) is 0 Å². The molecule has 2 bridgehead atoms. The molecule has 0 aromatic rings. The summed E-state index contributed by atoms with van der Waals surface area (Å²) in [6.45, 7) is 0. The lowest BCUT2D eigenvalue weighted by atomic mass is 9.82. The molecule has 0 radical (unpaired) electrons. The van der Waals surface area contributed by atoms with Gasteiger partial charge in [-0.1, -0.05) is 0 Å². The average molecular weight is 184 g/mol. The largest absolute Gasteiger partial charge is 0.465 e. The highest BCUT2D eigenvalue weighted by Gasteiger charge is 2.39. The minimum Gasteiger partial charge on any atom is -0.465 e. The van der Waals surface area contributed by atoms with E-state index in [1.807, 2.05) is 0 Å². The quantitative estimate of drug-likeness (QED) is 0.590. The molecule has 0 aromatic heterocycles. The molecule has 3 atom stereocenters. The van der Waals surface area contributed by atoms with Crippen molar-refractivity contribution in [1.29, 1.82) is 0 Å². The van der Waals surface area contributed by atoms with Crippen LogP contribution in [0.25, 0.3) is 0 Å². The highest BCUT2D eigenvalue weighted by Crippen LogP contribution is 2.33. The third-order valence-corrected chi connectivity index (χ3v) is 3.23. The molecule has 2 rings (SSSR count). The van der Waals surface area contributed by atoms with Gasteiger partial charge in [0.05, 0.1) is 0 Å². The predicted molar refractivity (Wildman–Crippen MR) is 48.5 cm³/mol. The highest BCUT2D eigenvalue weighted by atomic mass is 16.4. The number of piperidine rings is 2.